The molecular formula is C17H11ClFN3S. The molecule has 3 nitrogen and oxygen atoms in total. The van der Waals surface area contributed by atoms with Gasteiger partial charge in [-0.1, -0.05) is 23.8 Å². The minimum atomic E-state index is -0.364. The number of aryl methyl sites for hydroxylation is 1. The van der Waals surface area contributed by atoms with Crippen LogP contribution in [0.15, 0.2) is 35.9 Å². The molecule has 6 heteroatoms. The Kier molecular flexibility index (Phi) is 3.67. The summed E-state index contributed by atoms with van der Waals surface area (Å²) < 4.78 is 13.4. The van der Waals surface area contributed by atoms with Gasteiger partial charge in [0.2, 0.25) is 0 Å². The lowest BCUT2D eigenvalue weighted by Gasteiger charge is -2.15. The molecule has 2 aromatic heterocycles. The highest BCUT2D eigenvalue weighted by Crippen LogP contribution is 2.35. The third kappa shape index (κ3) is 2.66. The van der Waals surface area contributed by atoms with E-state index < -0.39 is 0 Å². The summed E-state index contributed by atoms with van der Waals surface area (Å²) in [5.74, 6) is 0.224. The zero-order valence-corrected chi connectivity index (χ0v) is 13.5. The van der Waals surface area contributed by atoms with Gasteiger partial charge in [0.15, 0.2) is 10.8 Å². The van der Waals surface area contributed by atoms with Crippen LogP contribution in [0.2, 0.25) is 5.02 Å². The van der Waals surface area contributed by atoms with Gasteiger partial charge in [-0.15, -0.1) is 11.3 Å². The summed E-state index contributed by atoms with van der Waals surface area (Å²) in [5, 5.41) is 3.00. The minimum absolute atomic E-state index is 0.343. The molecule has 114 valence electrons. The maximum absolute atomic E-state index is 13.4. The van der Waals surface area contributed by atoms with Crippen molar-refractivity contribution in [3.63, 3.8) is 0 Å². The molecule has 0 amide bonds. The number of allylic oxidation sites excluding steroid dienone is 1. The summed E-state index contributed by atoms with van der Waals surface area (Å²) >= 11 is 7.74. The van der Waals surface area contributed by atoms with E-state index in [-0.39, 0.29) is 5.82 Å². The minimum Gasteiger partial charge on any atom is -0.241 e. The number of rotatable bonds is 2. The Bertz CT molecular complexity index is 906. The highest BCUT2D eigenvalue weighted by molar-refractivity contribution is 7.13. The molecule has 1 aliphatic carbocycles. The van der Waals surface area contributed by atoms with Gasteiger partial charge in [-0.3, -0.25) is 0 Å². The molecule has 0 unspecified atom stereocenters. The van der Waals surface area contributed by atoms with Gasteiger partial charge in [-0.25, -0.2) is 19.3 Å². The fraction of sp³-hybridized carbons (Fsp3) is 0.118. The van der Waals surface area contributed by atoms with Crippen molar-refractivity contribution in [2.45, 2.75) is 12.8 Å². The quantitative estimate of drug-likeness (QED) is 0.655. The molecule has 0 N–H and O–H groups in total. The number of nitrogens with zero attached hydrogens (tertiary/aromatic N) is 3. The first-order valence-corrected chi connectivity index (χ1v) is 8.41. The number of benzene rings is 1. The predicted octanol–water partition coefficient (Wildman–Crippen LogP) is 5.02. The molecule has 4 rings (SSSR count). The standard InChI is InChI=1S/C17H11ClFN3S/c18-13-9-10(19)5-6-11(13)15-12-3-1-2-4-14(12)21-16(22-15)17-20-7-8-23-17/h1,3,5-9H,2,4H2. The van der Waals surface area contributed by atoms with Gasteiger partial charge in [-0.05, 0) is 31.0 Å². The zero-order chi connectivity index (χ0) is 15.8. The Labute approximate surface area is 141 Å². The van der Waals surface area contributed by atoms with Crippen LogP contribution in [0.1, 0.15) is 17.7 Å². The average molecular weight is 344 g/mol. The van der Waals surface area contributed by atoms with Crippen LogP contribution in [0.25, 0.3) is 28.2 Å². The van der Waals surface area contributed by atoms with Crippen molar-refractivity contribution in [1.82, 2.24) is 15.0 Å². The van der Waals surface area contributed by atoms with Gasteiger partial charge in [0.1, 0.15) is 5.82 Å². The largest absolute Gasteiger partial charge is 0.241 e. The van der Waals surface area contributed by atoms with Crippen LogP contribution in [-0.4, -0.2) is 15.0 Å². The molecule has 2 heterocycles. The first kappa shape index (κ1) is 14.5. The van der Waals surface area contributed by atoms with E-state index in [9.17, 15) is 4.39 Å². The van der Waals surface area contributed by atoms with Gasteiger partial charge in [0.05, 0.1) is 16.4 Å². The highest BCUT2D eigenvalue weighted by Gasteiger charge is 2.19. The topological polar surface area (TPSA) is 38.7 Å². The Morgan fingerprint density at radius 1 is 1.22 bits per heavy atom. The second-order valence-corrected chi connectivity index (χ2v) is 6.46. The van der Waals surface area contributed by atoms with E-state index in [1.165, 1.54) is 23.5 Å². The van der Waals surface area contributed by atoms with E-state index in [1.54, 1.807) is 12.3 Å². The normalized spacial score (nSPS) is 13.1. The van der Waals surface area contributed by atoms with Crippen LogP contribution in [-0.2, 0) is 6.42 Å². The molecule has 0 saturated carbocycles. The summed E-state index contributed by atoms with van der Waals surface area (Å²) in [6.45, 7) is 0. The van der Waals surface area contributed by atoms with E-state index in [2.05, 4.69) is 21.0 Å². The van der Waals surface area contributed by atoms with Gasteiger partial charge in [0, 0.05) is 22.7 Å². The number of hydrogen-bond donors (Lipinski definition) is 0. The van der Waals surface area contributed by atoms with E-state index in [4.69, 9.17) is 11.6 Å². The Hall–Kier alpha value is -2.11. The first-order valence-electron chi connectivity index (χ1n) is 7.15. The average Bonchev–Trinajstić information content (AvgIpc) is 3.08. The molecule has 0 saturated heterocycles. The fourth-order valence-electron chi connectivity index (χ4n) is 2.62. The lowest BCUT2D eigenvalue weighted by molar-refractivity contribution is 0.628. The Morgan fingerprint density at radius 2 is 2.13 bits per heavy atom. The SMILES string of the molecule is Fc1ccc(-c2nc(-c3nccs3)nc3c2C=CCC3)c(Cl)c1. The van der Waals surface area contributed by atoms with Crippen molar-refractivity contribution >= 4 is 29.0 Å². The van der Waals surface area contributed by atoms with Gasteiger partial charge in [0.25, 0.3) is 0 Å². The summed E-state index contributed by atoms with van der Waals surface area (Å²) in [6.07, 6.45) is 7.62. The molecule has 23 heavy (non-hydrogen) atoms. The van der Waals surface area contributed by atoms with Crippen molar-refractivity contribution in [1.29, 1.82) is 0 Å². The molecule has 0 radical (unpaired) electrons. The monoisotopic (exact) mass is 343 g/mol. The Balaban J connectivity index is 1.97. The summed E-state index contributed by atoms with van der Waals surface area (Å²) in [6, 6.07) is 4.36. The van der Waals surface area contributed by atoms with Crippen molar-refractivity contribution in [2.24, 2.45) is 0 Å². The molecular weight excluding hydrogens is 333 g/mol. The maximum atomic E-state index is 13.4. The molecule has 3 aromatic rings. The summed E-state index contributed by atoms with van der Waals surface area (Å²) in [4.78, 5) is 13.6. The first-order chi connectivity index (χ1) is 11.2. The van der Waals surface area contributed by atoms with Crippen molar-refractivity contribution in [3.05, 3.63) is 57.9 Å². The predicted molar refractivity (Wildman–Crippen MR) is 90.9 cm³/mol. The number of thiazole rings is 1. The molecule has 1 aliphatic rings. The molecule has 0 aliphatic heterocycles. The van der Waals surface area contributed by atoms with Crippen LogP contribution in [0, 0.1) is 5.82 Å². The summed E-state index contributed by atoms with van der Waals surface area (Å²) in [7, 11) is 0. The van der Waals surface area contributed by atoms with Crippen LogP contribution in [0.5, 0.6) is 0 Å². The van der Waals surface area contributed by atoms with Gasteiger partial charge < -0.3 is 0 Å². The fourth-order valence-corrected chi connectivity index (χ4v) is 3.44. The van der Waals surface area contributed by atoms with Crippen LogP contribution < -0.4 is 0 Å². The molecule has 0 bridgehead atoms. The molecule has 0 fully saturated rings. The van der Waals surface area contributed by atoms with Crippen molar-refractivity contribution < 1.29 is 4.39 Å². The lowest BCUT2D eigenvalue weighted by Crippen LogP contribution is -2.05. The second kappa shape index (κ2) is 5.83. The second-order valence-electron chi connectivity index (χ2n) is 5.16. The maximum Gasteiger partial charge on any atom is 0.189 e. The van der Waals surface area contributed by atoms with E-state index in [0.29, 0.717) is 16.4 Å². The van der Waals surface area contributed by atoms with Crippen molar-refractivity contribution in [2.75, 3.05) is 0 Å². The highest BCUT2D eigenvalue weighted by atomic mass is 35.5. The zero-order valence-electron chi connectivity index (χ0n) is 12.0. The number of hydrogen-bond acceptors (Lipinski definition) is 4. The number of fused-ring (bicyclic) bond motifs is 1. The lowest BCUT2D eigenvalue weighted by atomic mass is 9.97. The van der Waals surface area contributed by atoms with Gasteiger partial charge in [-0.2, -0.15) is 0 Å². The van der Waals surface area contributed by atoms with Crippen LogP contribution >= 0.6 is 22.9 Å². The molecule has 1 aromatic carbocycles. The third-order valence-electron chi connectivity index (χ3n) is 3.67. The van der Waals surface area contributed by atoms with Gasteiger partial charge >= 0.3 is 0 Å². The number of aromatic nitrogens is 3. The Morgan fingerprint density at radius 3 is 2.91 bits per heavy atom. The van der Waals surface area contributed by atoms with E-state index in [1.807, 2.05) is 11.5 Å². The molecule has 0 spiro atoms. The smallest absolute Gasteiger partial charge is 0.189 e. The molecule has 0 atom stereocenters. The summed E-state index contributed by atoms with van der Waals surface area (Å²) in [5.41, 5.74) is 3.35. The van der Waals surface area contributed by atoms with Crippen LogP contribution in [0.3, 0.4) is 0 Å². The van der Waals surface area contributed by atoms with E-state index in [0.717, 1.165) is 34.8 Å². The van der Waals surface area contributed by atoms with Crippen molar-refractivity contribution in [3.8, 4) is 22.1 Å². The third-order valence-corrected chi connectivity index (χ3v) is 4.75. The van der Waals surface area contributed by atoms with E-state index >= 15 is 0 Å². The number of halogens is 2. The van der Waals surface area contributed by atoms with Crippen LogP contribution in [0.4, 0.5) is 4.39 Å².